The average Bonchev–Trinajstić information content (AvgIpc) is 2.77. The van der Waals surface area contributed by atoms with E-state index in [1.165, 1.54) is 24.3 Å². The summed E-state index contributed by atoms with van der Waals surface area (Å²) >= 11 is 0. The zero-order valence-electron chi connectivity index (χ0n) is 17.3. The van der Waals surface area contributed by atoms with E-state index in [4.69, 9.17) is 5.26 Å². The molecule has 0 saturated carbocycles. The van der Waals surface area contributed by atoms with Gasteiger partial charge in [-0.3, -0.25) is 9.69 Å². The minimum Gasteiger partial charge on any atom is -0.350 e. The Morgan fingerprint density at radius 2 is 1.70 bits per heavy atom. The van der Waals surface area contributed by atoms with Crippen molar-refractivity contribution in [3.05, 3.63) is 65.7 Å². The Hall–Kier alpha value is -2.73. The van der Waals surface area contributed by atoms with E-state index in [-0.39, 0.29) is 29.8 Å². The zero-order chi connectivity index (χ0) is 22.0. The SMILES string of the molecule is CCN(CC)C(CNC(=O)c1ccc(S(=O)(=O)NCCC#N)cc1)c1ccccc1. The second-order valence-corrected chi connectivity index (χ2v) is 8.45. The second kappa shape index (κ2) is 11.5. The van der Waals surface area contributed by atoms with Gasteiger partial charge < -0.3 is 5.32 Å². The van der Waals surface area contributed by atoms with Gasteiger partial charge in [-0.05, 0) is 42.9 Å². The lowest BCUT2D eigenvalue weighted by molar-refractivity contribution is 0.0935. The molecule has 0 radical (unpaired) electrons. The molecule has 0 saturated heterocycles. The highest BCUT2D eigenvalue weighted by Crippen LogP contribution is 2.20. The Morgan fingerprint density at radius 3 is 2.27 bits per heavy atom. The van der Waals surface area contributed by atoms with Gasteiger partial charge in [0, 0.05) is 25.1 Å². The van der Waals surface area contributed by atoms with Crippen LogP contribution in [0, 0.1) is 11.3 Å². The van der Waals surface area contributed by atoms with Crippen LogP contribution in [0.25, 0.3) is 0 Å². The minimum atomic E-state index is -3.69. The maximum atomic E-state index is 12.6. The van der Waals surface area contributed by atoms with Gasteiger partial charge in [0.2, 0.25) is 10.0 Å². The lowest BCUT2D eigenvalue weighted by atomic mass is 10.0. The van der Waals surface area contributed by atoms with Gasteiger partial charge in [-0.25, -0.2) is 13.1 Å². The number of carbonyl (C=O) groups is 1. The first-order valence-corrected chi connectivity index (χ1v) is 11.4. The summed E-state index contributed by atoms with van der Waals surface area (Å²) in [6.45, 7) is 6.39. The molecule has 1 unspecified atom stereocenters. The molecular formula is C22H28N4O3S. The van der Waals surface area contributed by atoms with Gasteiger partial charge in [-0.15, -0.1) is 0 Å². The van der Waals surface area contributed by atoms with E-state index < -0.39 is 10.0 Å². The van der Waals surface area contributed by atoms with Crippen LogP contribution < -0.4 is 10.0 Å². The van der Waals surface area contributed by atoms with E-state index in [1.54, 1.807) is 0 Å². The third-order valence-corrected chi connectivity index (χ3v) is 6.33. The molecule has 0 heterocycles. The number of nitriles is 1. The smallest absolute Gasteiger partial charge is 0.251 e. The molecule has 0 spiro atoms. The highest BCUT2D eigenvalue weighted by Gasteiger charge is 2.19. The number of nitrogens with zero attached hydrogens (tertiary/aromatic N) is 2. The molecule has 2 N–H and O–H groups in total. The van der Waals surface area contributed by atoms with Gasteiger partial charge in [0.1, 0.15) is 0 Å². The topological polar surface area (TPSA) is 102 Å². The molecule has 0 aromatic heterocycles. The monoisotopic (exact) mass is 428 g/mol. The largest absolute Gasteiger partial charge is 0.350 e. The van der Waals surface area contributed by atoms with E-state index in [0.29, 0.717) is 12.1 Å². The highest BCUT2D eigenvalue weighted by molar-refractivity contribution is 7.89. The van der Waals surface area contributed by atoms with E-state index in [2.05, 4.69) is 28.8 Å². The number of nitrogens with one attached hydrogen (secondary N) is 2. The quantitative estimate of drug-likeness (QED) is 0.536. The molecule has 160 valence electrons. The number of amides is 1. The van der Waals surface area contributed by atoms with Crippen LogP contribution >= 0.6 is 0 Å². The molecule has 8 heteroatoms. The number of benzene rings is 2. The van der Waals surface area contributed by atoms with Crippen molar-refractivity contribution in [1.82, 2.24) is 14.9 Å². The average molecular weight is 429 g/mol. The number of hydrogen-bond acceptors (Lipinski definition) is 5. The van der Waals surface area contributed by atoms with Gasteiger partial charge in [-0.2, -0.15) is 5.26 Å². The third kappa shape index (κ3) is 6.39. The van der Waals surface area contributed by atoms with Crippen LogP contribution in [0.1, 0.15) is 42.2 Å². The van der Waals surface area contributed by atoms with E-state index in [9.17, 15) is 13.2 Å². The molecule has 0 aliphatic carbocycles. The molecule has 30 heavy (non-hydrogen) atoms. The Kier molecular flexibility index (Phi) is 8.99. The summed E-state index contributed by atoms with van der Waals surface area (Å²) < 4.78 is 26.7. The van der Waals surface area contributed by atoms with Crippen molar-refractivity contribution < 1.29 is 13.2 Å². The van der Waals surface area contributed by atoms with Crippen molar-refractivity contribution >= 4 is 15.9 Å². The Bertz CT molecular complexity index is 950. The van der Waals surface area contributed by atoms with Gasteiger partial charge in [0.15, 0.2) is 0 Å². The second-order valence-electron chi connectivity index (χ2n) is 6.69. The van der Waals surface area contributed by atoms with Crippen molar-refractivity contribution in [2.45, 2.75) is 31.2 Å². The fourth-order valence-corrected chi connectivity index (χ4v) is 4.23. The molecule has 2 aromatic rings. The van der Waals surface area contributed by atoms with E-state index in [1.807, 2.05) is 36.4 Å². The van der Waals surface area contributed by atoms with Crippen LogP contribution in [-0.4, -0.2) is 45.4 Å². The Labute approximate surface area is 178 Å². The zero-order valence-corrected chi connectivity index (χ0v) is 18.2. The molecule has 7 nitrogen and oxygen atoms in total. The maximum Gasteiger partial charge on any atom is 0.251 e. The minimum absolute atomic E-state index is 0.0489. The summed E-state index contributed by atoms with van der Waals surface area (Å²) in [6, 6.07) is 17.7. The molecule has 0 aliphatic rings. The lowest BCUT2D eigenvalue weighted by Crippen LogP contribution is -2.38. The number of likely N-dealkylation sites (N-methyl/N-ethyl adjacent to an activating group) is 1. The fourth-order valence-electron chi connectivity index (χ4n) is 3.20. The summed E-state index contributed by atoms with van der Waals surface area (Å²) in [7, 11) is -3.69. The number of carbonyl (C=O) groups excluding carboxylic acids is 1. The van der Waals surface area contributed by atoms with Gasteiger partial charge >= 0.3 is 0 Å². The first-order chi connectivity index (χ1) is 14.4. The van der Waals surface area contributed by atoms with Crippen LogP contribution in [0.4, 0.5) is 0 Å². The maximum absolute atomic E-state index is 12.6. The third-order valence-electron chi connectivity index (χ3n) is 4.85. The van der Waals surface area contributed by atoms with Crippen molar-refractivity contribution in [2.24, 2.45) is 0 Å². The standard InChI is InChI=1S/C22H28N4O3S/c1-3-26(4-2)21(18-9-6-5-7-10-18)17-24-22(27)19-11-13-20(14-12-19)30(28,29)25-16-8-15-23/h5-7,9-14,21,25H,3-4,8,16-17H2,1-2H3,(H,24,27). The lowest BCUT2D eigenvalue weighted by Gasteiger charge is -2.30. The Balaban J connectivity index is 2.07. The van der Waals surface area contributed by atoms with Crippen LogP contribution in [-0.2, 0) is 10.0 Å². The molecule has 2 aromatic carbocycles. The Morgan fingerprint density at radius 1 is 1.07 bits per heavy atom. The fraction of sp³-hybridized carbons (Fsp3) is 0.364. The predicted octanol–water partition coefficient (Wildman–Crippen LogP) is 2.69. The number of sulfonamides is 1. The highest BCUT2D eigenvalue weighted by atomic mass is 32.2. The predicted molar refractivity (Wildman–Crippen MR) is 116 cm³/mol. The summed E-state index contributed by atoms with van der Waals surface area (Å²) in [4.78, 5) is 15.0. The van der Waals surface area contributed by atoms with Crippen molar-refractivity contribution in [3.63, 3.8) is 0 Å². The summed E-state index contributed by atoms with van der Waals surface area (Å²) in [5, 5.41) is 11.5. The molecular weight excluding hydrogens is 400 g/mol. The van der Waals surface area contributed by atoms with Crippen LogP contribution in [0.5, 0.6) is 0 Å². The van der Waals surface area contributed by atoms with Gasteiger partial charge in [0.25, 0.3) is 5.91 Å². The normalized spacial score (nSPS) is 12.3. The van der Waals surface area contributed by atoms with Crippen LogP contribution in [0.3, 0.4) is 0 Å². The van der Waals surface area contributed by atoms with Crippen molar-refractivity contribution in [2.75, 3.05) is 26.2 Å². The number of rotatable bonds is 11. The molecule has 0 bridgehead atoms. The molecule has 2 rings (SSSR count). The molecule has 1 atom stereocenters. The summed E-state index contributed by atoms with van der Waals surface area (Å²) in [5.74, 6) is -0.260. The summed E-state index contributed by atoms with van der Waals surface area (Å²) in [6.07, 6.45) is 0.0921. The van der Waals surface area contributed by atoms with Gasteiger partial charge in [-0.1, -0.05) is 44.2 Å². The van der Waals surface area contributed by atoms with Crippen LogP contribution in [0.2, 0.25) is 0 Å². The summed E-state index contributed by atoms with van der Waals surface area (Å²) in [5.41, 5.74) is 1.52. The molecule has 1 amide bonds. The first-order valence-electron chi connectivity index (χ1n) is 9.96. The van der Waals surface area contributed by atoms with E-state index >= 15 is 0 Å². The molecule has 0 fully saturated rings. The van der Waals surface area contributed by atoms with E-state index in [0.717, 1.165) is 18.7 Å². The number of hydrogen-bond donors (Lipinski definition) is 2. The first kappa shape index (κ1) is 23.5. The van der Waals surface area contributed by atoms with Gasteiger partial charge in [0.05, 0.1) is 17.0 Å². The molecule has 0 aliphatic heterocycles. The van der Waals surface area contributed by atoms with Crippen molar-refractivity contribution in [1.29, 1.82) is 5.26 Å². The van der Waals surface area contributed by atoms with Crippen LogP contribution in [0.15, 0.2) is 59.5 Å². The van der Waals surface area contributed by atoms with Crippen molar-refractivity contribution in [3.8, 4) is 6.07 Å².